The van der Waals surface area contributed by atoms with Gasteiger partial charge in [-0.1, -0.05) is 31.2 Å². The third-order valence-electron chi connectivity index (χ3n) is 4.06. The molecule has 0 unspecified atom stereocenters. The number of rotatable bonds is 3. The first-order chi connectivity index (χ1) is 10.1. The summed E-state index contributed by atoms with van der Waals surface area (Å²) in [5, 5.41) is 13.2. The predicted molar refractivity (Wildman–Crippen MR) is 84.8 cm³/mol. The highest BCUT2D eigenvalue weighted by molar-refractivity contribution is 7.14. The standard InChI is InChI=1S/C17H19NO2S/c1-3-14-10(2)8-15(21-14)17(20)18-16-12-7-5-4-6-11(12)9-13(16)19/h4-8,13,16,19H,3,9H2,1-2H3,(H,18,20)/t13-,16+/m1/s1. The number of nitrogens with one attached hydrogen (secondary N) is 1. The van der Waals surface area contributed by atoms with Gasteiger partial charge in [-0.25, -0.2) is 0 Å². The molecule has 1 heterocycles. The van der Waals surface area contributed by atoms with Crippen molar-refractivity contribution in [1.29, 1.82) is 0 Å². The van der Waals surface area contributed by atoms with Gasteiger partial charge in [0.05, 0.1) is 17.0 Å². The second-order valence-electron chi connectivity index (χ2n) is 5.49. The van der Waals surface area contributed by atoms with Crippen molar-refractivity contribution < 1.29 is 9.90 Å². The van der Waals surface area contributed by atoms with Gasteiger partial charge in [0.25, 0.3) is 5.91 Å². The van der Waals surface area contributed by atoms with E-state index in [9.17, 15) is 9.90 Å². The minimum Gasteiger partial charge on any atom is -0.390 e. The molecule has 2 N–H and O–H groups in total. The molecule has 0 aliphatic heterocycles. The summed E-state index contributed by atoms with van der Waals surface area (Å²) < 4.78 is 0. The van der Waals surface area contributed by atoms with E-state index in [0.29, 0.717) is 6.42 Å². The predicted octanol–water partition coefficient (Wildman–Crippen LogP) is 3.01. The van der Waals surface area contributed by atoms with E-state index in [2.05, 4.69) is 12.2 Å². The van der Waals surface area contributed by atoms with Gasteiger partial charge < -0.3 is 10.4 Å². The smallest absolute Gasteiger partial charge is 0.261 e. The quantitative estimate of drug-likeness (QED) is 0.915. The number of amides is 1. The molecule has 0 saturated heterocycles. The molecule has 2 aromatic rings. The van der Waals surface area contributed by atoms with Gasteiger partial charge >= 0.3 is 0 Å². The minimum absolute atomic E-state index is 0.0939. The fraction of sp³-hybridized carbons (Fsp3) is 0.353. The summed E-state index contributed by atoms with van der Waals surface area (Å²) in [6, 6.07) is 9.53. The molecular weight excluding hydrogens is 282 g/mol. The van der Waals surface area contributed by atoms with Crippen molar-refractivity contribution in [2.24, 2.45) is 0 Å². The van der Waals surface area contributed by atoms with Crippen LogP contribution in [0.3, 0.4) is 0 Å². The first-order valence-corrected chi connectivity index (χ1v) is 8.07. The van der Waals surface area contributed by atoms with Crippen LogP contribution in [-0.2, 0) is 12.8 Å². The van der Waals surface area contributed by atoms with Crippen LogP contribution < -0.4 is 5.32 Å². The molecule has 2 atom stereocenters. The van der Waals surface area contributed by atoms with Gasteiger partial charge in [0.15, 0.2) is 0 Å². The Labute approximate surface area is 128 Å². The minimum atomic E-state index is -0.543. The molecule has 0 saturated carbocycles. The van der Waals surface area contributed by atoms with Crippen LogP contribution in [0.4, 0.5) is 0 Å². The number of benzene rings is 1. The van der Waals surface area contributed by atoms with Crippen molar-refractivity contribution in [3.8, 4) is 0 Å². The maximum atomic E-state index is 12.4. The molecule has 0 spiro atoms. The molecule has 1 amide bonds. The van der Waals surface area contributed by atoms with Gasteiger partial charge in [0.1, 0.15) is 0 Å². The highest BCUT2D eigenvalue weighted by atomic mass is 32.1. The molecule has 21 heavy (non-hydrogen) atoms. The van der Waals surface area contributed by atoms with Crippen LogP contribution in [0.2, 0.25) is 0 Å². The first kappa shape index (κ1) is 14.3. The van der Waals surface area contributed by atoms with E-state index in [4.69, 9.17) is 0 Å². The van der Waals surface area contributed by atoms with Crippen LogP contribution in [0.25, 0.3) is 0 Å². The van der Waals surface area contributed by atoms with Crippen molar-refractivity contribution in [3.05, 3.63) is 56.8 Å². The van der Waals surface area contributed by atoms with E-state index in [-0.39, 0.29) is 11.9 Å². The van der Waals surface area contributed by atoms with Crippen LogP contribution >= 0.6 is 11.3 Å². The molecule has 3 rings (SSSR count). The molecule has 110 valence electrons. The lowest BCUT2D eigenvalue weighted by Crippen LogP contribution is -2.33. The number of hydrogen-bond acceptors (Lipinski definition) is 3. The van der Waals surface area contributed by atoms with Crippen molar-refractivity contribution in [3.63, 3.8) is 0 Å². The molecule has 0 fully saturated rings. The van der Waals surface area contributed by atoms with Gasteiger partial charge in [0.2, 0.25) is 0 Å². The third-order valence-corrected chi connectivity index (χ3v) is 5.44. The normalized spacial score (nSPS) is 20.3. The number of aryl methyl sites for hydroxylation is 2. The van der Waals surface area contributed by atoms with E-state index in [1.165, 1.54) is 21.8 Å². The molecule has 1 aliphatic rings. The fourth-order valence-electron chi connectivity index (χ4n) is 2.94. The van der Waals surface area contributed by atoms with Crippen LogP contribution in [0.15, 0.2) is 30.3 Å². The van der Waals surface area contributed by atoms with Gasteiger partial charge in [-0.05, 0) is 36.1 Å². The second-order valence-corrected chi connectivity index (χ2v) is 6.63. The molecule has 4 heteroatoms. The van der Waals surface area contributed by atoms with Crippen molar-refractivity contribution >= 4 is 17.2 Å². The fourth-order valence-corrected chi connectivity index (χ4v) is 3.96. The summed E-state index contributed by atoms with van der Waals surface area (Å²) in [5.41, 5.74) is 3.31. The Morgan fingerprint density at radius 3 is 2.90 bits per heavy atom. The monoisotopic (exact) mass is 301 g/mol. The number of thiophene rings is 1. The lowest BCUT2D eigenvalue weighted by Gasteiger charge is -2.17. The number of aliphatic hydroxyl groups excluding tert-OH is 1. The Balaban J connectivity index is 1.81. The Morgan fingerprint density at radius 2 is 2.19 bits per heavy atom. The maximum absolute atomic E-state index is 12.4. The Morgan fingerprint density at radius 1 is 1.43 bits per heavy atom. The lowest BCUT2D eigenvalue weighted by atomic mass is 10.1. The summed E-state index contributed by atoms with van der Waals surface area (Å²) in [5.74, 6) is -0.0939. The number of fused-ring (bicyclic) bond motifs is 1. The van der Waals surface area contributed by atoms with Gasteiger partial charge in [-0.2, -0.15) is 0 Å². The summed E-state index contributed by atoms with van der Waals surface area (Å²) in [6.45, 7) is 4.13. The van der Waals surface area contributed by atoms with Crippen LogP contribution in [0, 0.1) is 6.92 Å². The van der Waals surface area contributed by atoms with Crippen LogP contribution in [0.5, 0.6) is 0 Å². The van der Waals surface area contributed by atoms with Gasteiger partial charge in [0, 0.05) is 11.3 Å². The third kappa shape index (κ3) is 2.61. The molecular formula is C17H19NO2S. The highest BCUT2D eigenvalue weighted by Crippen LogP contribution is 2.32. The average molecular weight is 301 g/mol. The average Bonchev–Trinajstić information content (AvgIpc) is 3.00. The van der Waals surface area contributed by atoms with Crippen molar-refractivity contribution in [1.82, 2.24) is 5.32 Å². The summed E-state index contributed by atoms with van der Waals surface area (Å²) in [6.07, 6.45) is 1.00. The zero-order valence-electron chi connectivity index (χ0n) is 12.2. The largest absolute Gasteiger partial charge is 0.390 e. The Hall–Kier alpha value is -1.65. The molecule has 3 nitrogen and oxygen atoms in total. The number of aliphatic hydroxyl groups is 1. The van der Waals surface area contributed by atoms with Crippen LogP contribution in [-0.4, -0.2) is 17.1 Å². The summed E-state index contributed by atoms with van der Waals surface area (Å²) in [4.78, 5) is 14.4. The van der Waals surface area contributed by atoms with E-state index >= 15 is 0 Å². The molecule has 1 aromatic heterocycles. The van der Waals surface area contributed by atoms with E-state index in [1.54, 1.807) is 0 Å². The zero-order chi connectivity index (χ0) is 15.0. The topological polar surface area (TPSA) is 49.3 Å². The number of carbonyl (C=O) groups excluding carboxylic acids is 1. The Kier molecular flexibility index (Phi) is 3.83. The molecule has 0 bridgehead atoms. The number of hydrogen-bond donors (Lipinski definition) is 2. The Bertz CT molecular complexity index is 677. The lowest BCUT2D eigenvalue weighted by molar-refractivity contribution is 0.0862. The van der Waals surface area contributed by atoms with E-state index < -0.39 is 6.10 Å². The van der Waals surface area contributed by atoms with Crippen molar-refractivity contribution in [2.75, 3.05) is 0 Å². The van der Waals surface area contributed by atoms with Gasteiger partial charge in [-0.3, -0.25) is 4.79 Å². The molecule has 1 aliphatic carbocycles. The zero-order valence-corrected chi connectivity index (χ0v) is 13.0. The van der Waals surface area contributed by atoms with E-state index in [0.717, 1.165) is 22.4 Å². The maximum Gasteiger partial charge on any atom is 0.261 e. The van der Waals surface area contributed by atoms with E-state index in [1.807, 2.05) is 37.3 Å². The first-order valence-electron chi connectivity index (χ1n) is 7.26. The SMILES string of the molecule is CCc1sc(C(=O)N[C@H]2c3ccccc3C[C@H]2O)cc1C. The summed E-state index contributed by atoms with van der Waals surface area (Å²) >= 11 is 1.54. The van der Waals surface area contributed by atoms with Crippen molar-refractivity contribution in [2.45, 2.75) is 38.8 Å². The number of carbonyl (C=O) groups is 1. The molecule has 1 aromatic carbocycles. The van der Waals surface area contributed by atoms with Gasteiger partial charge in [-0.15, -0.1) is 11.3 Å². The van der Waals surface area contributed by atoms with Crippen LogP contribution in [0.1, 0.15) is 44.2 Å². The molecule has 0 radical (unpaired) electrons. The second kappa shape index (κ2) is 5.62. The summed E-state index contributed by atoms with van der Waals surface area (Å²) in [7, 11) is 0. The highest BCUT2D eigenvalue weighted by Gasteiger charge is 2.32.